The van der Waals surface area contributed by atoms with E-state index in [0.29, 0.717) is 11.3 Å². The minimum Gasteiger partial charge on any atom is -0.493 e. The Balaban J connectivity index is 1.52. The molecular weight excluding hydrogens is 280 g/mol. The van der Waals surface area contributed by atoms with Crippen molar-refractivity contribution in [2.75, 3.05) is 6.61 Å². The zero-order chi connectivity index (χ0) is 16.1. The molecule has 1 nitrogen and oxygen atoms in total. The van der Waals surface area contributed by atoms with Crippen LogP contribution in [-0.2, 0) is 0 Å². The van der Waals surface area contributed by atoms with E-state index in [1.165, 1.54) is 50.5 Å². The predicted octanol–water partition coefficient (Wildman–Crippen LogP) is 5.94. The van der Waals surface area contributed by atoms with Crippen molar-refractivity contribution in [1.29, 1.82) is 0 Å². The predicted molar refractivity (Wildman–Crippen MR) is 96.7 cm³/mol. The van der Waals surface area contributed by atoms with E-state index in [1.807, 2.05) is 6.92 Å². The molecule has 0 radical (unpaired) electrons. The lowest BCUT2D eigenvalue weighted by Gasteiger charge is -2.22. The van der Waals surface area contributed by atoms with E-state index in [4.69, 9.17) is 4.74 Å². The number of hydrogen-bond donors (Lipinski definition) is 0. The zero-order valence-electron chi connectivity index (χ0n) is 14.7. The Morgan fingerprint density at radius 2 is 1.91 bits per heavy atom. The average molecular weight is 310 g/mol. The van der Waals surface area contributed by atoms with E-state index >= 15 is 0 Å². The molecule has 2 fully saturated rings. The fourth-order valence-electron chi connectivity index (χ4n) is 4.65. The summed E-state index contributed by atoms with van der Waals surface area (Å²) < 4.78 is 6.08. The van der Waals surface area contributed by atoms with Gasteiger partial charge >= 0.3 is 0 Å². The molecule has 2 atom stereocenters. The van der Waals surface area contributed by atoms with E-state index < -0.39 is 0 Å². The first kappa shape index (κ1) is 16.4. The molecule has 1 unspecified atom stereocenters. The lowest BCUT2D eigenvalue weighted by atomic mass is 9.84. The maximum atomic E-state index is 6.08. The summed E-state index contributed by atoms with van der Waals surface area (Å²) >= 11 is 0. The van der Waals surface area contributed by atoms with Crippen molar-refractivity contribution >= 4 is 0 Å². The molecule has 1 heteroatoms. The van der Waals surface area contributed by atoms with Crippen LogP contribution in [0.1, 0.15) is 76.7 Å². The summed E-state index contributed by atoms with van der Waals surface area (Å²) in [6.45, 7) is 5.00. The van der Waals surface area contributed by atoms with E-state index in [0.717, 1.165) is 24.7 Å². The van der Waals surface area contributed by atoms with Crippen LogP contribution in [0.25, 0.3) is 0 Å². The minimum absolute atomic E-state index is 0.353. The largest absolute Gasteiger partial charge is 0.493 e. The first-order valence-electron chi connectivity index (χ1n) is 9.40. The Morgan fingerprint density at radius 1 is 1.17 bits per heavy atom. The Kier molecular flexibility index (Phi) is 5.31. The van der Waals surface area contributed by atoms with Gasteiger partial charge in [0.25, 0.3) is 0 Å². The third-order valence-electron chi connectivity index (χ3n) is 5.96. The fourth-order valence-corrected chi connectivity index (χ4v) is 4.65. The summed E-state index contributed by atoms with van der Waals surface area (Å²) in [5.74, 6) is 8.45. The first-order chi connectivity index (χ1) is 11.2. The smallest absolute Gasteiger partial charge is 0.119 e. The molecule has 124 valence electrons. The molecule has 23 heavy (non-hydrogen) atoms. The van der Waals surface area contributed by atoms with Gasteiger partial charge in [0.1, 0.15) is 5.75 Å². The number of ether oxygens (including phenoxy) is 1. The maximum Gasteiger partial charge on any atom is 0.119 e. The highest BCUT2D eigenvalue weighted by atomic mass is 16.5. The highest BCUT2D eigenvalue weighted by Crippen LogP contribution is 2.52. The highest BCUT2D eigenvalue weighted by Gasteiger charge is 2.40. The van der Waals surface area contributed by atoms with Crippen molar-refractivity contribution in [1.82, 2.24) is 0 Å². The Hall–Kier alpha value is -1.42. The van der Waals surface area contributed by atoms with E-state index in [1.54, 1.807) is 0 Å². The molecule has 0 bridgehead atoms. The molecule has 1 aromatic carbocycles. The van der Waals surface area contributed by atoms with Gasteiger partial charge in [-0.05, 0) is 74.5 Å². The second-order valence-corrected chi connectivity index (χ2v) is 7.55. The number of benzene rings is 1. The van der Waals surface area contributed by atoms with E-state index in [-0.39, 0.29) is 0 Å². The third kappa shape index (κ3) is 3.92. The average Bonchev–Trinajstić information content (AvgIpc) is 3.21. The van der Waals surface area contributed by atoms with Gasteiger partial charge in [-0.25, -0.2) is 0 Å². The fraction of sp³-hybridized carbons (Fsp3) is 0.636. The van der Waals surface area contributed by atoms with Crippen LogP contribution in [0.3, 0.4) is 0 Å². The molecule has 0 aliphatic heterocycles. The lowest BCUT2D eigenvalue weighted by molar-refractivity contribution is 0.226. The van der Waals surface area contributed by atoms with Gasteiger partial charge in [-0.3, -0.25) is 0 Å². The number of hydrogen-bond acceptors (Lipinski definition) is 1. The molecule has 1 spiro atoms. The van der Waals surface area contributed by atoms with Gasteiger partial charge < -0.3 is 4.74 Å². The number of rotatable bonds is 5. The molecule has 1 aromatic rings. The standard InChI is InChI=1S/C22H30O/c1-3-7-19(4-2)20-8-10-21(11-9-20)23-17-18-12-15-22(16-18)13-5-6-14-22/h8-11,18-19H,4-6,12-17H2,1-2H3/t18?,19-/m1/s1. The third-order valence-corrected chi connectivity index (χ3v) is 5.96. The van der Waals surface area contributed by atoms with Crippen LogP contribution in [0.5, 0.6) is 5.75 Å². The van der Waals surface area contributed by atoms with Gasteiger partial charge in [0.05, 0.1) is 6.61 Å². The summed E-state index contributed by atoms with van der Waals surface area (Å²) in [6.07, 6.45) is 11.1. The van der Waals surface area contributed by atoms with Crippen molar-refractivity contribution in [2.45, 2.75) is 71.1 Å². The molecule has 0 aromatic heterocycles. The van der Waals surface area contributed by atoms with Crippen LogP contribution in [0.15, 0.2) is 24.3 Å². The van der Waals surface area contributed by atoms with Crippen LogP contribution in [0.2, 0.25) is 0 Å². The Labute approximate surface area is 141 Å². The van der Waals surface area contributed by atoms with Crippen molar-refractivity contribution in [3.8, 4) is 17.6 Å². The highest BCUT2D eigenvalue weighted by molar-refractivity contribution is 5.33. The normalized spacial score (nSPS) is 23.5. The summed E-state index contributed by atoms with van der Waals surface area (Å²) in [4.78, 5) is 0. The van der Waals surface area contributed by atoms with Gasteiger partial charge in [-0.1, -0.05) is 37.8 Å². The minimum atomic E-state index is 0.353. The van der Waals surface area contributed by atoms with Gasteiger partial charge in [-0.15, -0.1) is 5.92 Å². The van der Waals surface area contributed by atoms with Crippen molar-refractivity contribution < 1.29 is 4.74 Å². The van der Waals surface area contributed by atoms with E-state index in [9.17, 15) is 0 Å². The molecule has 0 saturated heterocycles. The summed E-state index contributed by atoms with van der Waals surface area (Å²) in [6, 6.07) is 8.60. The zero-order valence-corrected chi connectivity index (χ0v) is 14.7. The van der Waals surface area contributed by atoms with Gasteiger partial charge in [0, 0.05) is 5.92 Å². The van der Waals surface area contributed by atoms with Crippen LogP contribution in [0.4, 0.5) is 0 Å². The van der Waals surface area contributed by atoms with Gasteiger partial charge in [-0.2, -0.15) is 0 Å². The molecular formula is C22H30O. The van der Waals surface area contributed by atoms with Gasteiger partial charge in [0.15, 0.2) is 0 Å². The monoisotopic (exact) mass is 310 g/mol. The molecule has 3 rings (SSSR count). The lowest BCUT2D eigenvalue weighted by Crippen LogP contribution is -2.14. The van der Waals surface area contributed by atoms with Gasteiger partial charge in [0.2, 0.25) is 0 Å². The molecule has 0 N–H and O–H groups in total. The summed E-state index contributed by atoms with van der Waals surface area (Å²) in [5.41, 5.74) is 2.00. The second kappa shape index (κ2) is 7.43. The maximum absolute atomic E-state index is 6.08. The quantitative estimate of drug-likeness (QED) is 0.611. The van der Waals surface area contributed by atoms with Crippen molar-refractivity contribution in [3.63, 3.8) is 0 Å². The molecule has 2 aliphatic rings. The summed E-state index contributed by atoms with van der Waals surface area (Å²) in [5, 5.41) is 0. The molecule has 0 heterocycles. The second-order valence-electron chi connectivity index (χ2n) is 7.55. The van der Waals surface area contributed by atoms with Crippen LogP contribution in [-0.4, -0.2) is 6.61 Å². The molecule has 2 aliphatic carbocycles. The summed E-state index contributed by atoms with van der Waals surface area (Å²) in [7, 11) is 0. The topological polar surface area (TPSA) is 9.23 Å². The van der Waals surface area contributed by atoms with Crippen LogP contribution < -0.4 is 4.74 Å². The SMILES string of the molecule is CC#C[C@@H](CC)c1ccc(OCC2CCC3(CCCC3)C2)cc1. The van der Waals surface area contributed by atoms with Crippen molar-refractivity contribution in [2.24, 2.45) is 11.3 Å². The van der Waals surface area contributed by atoms with E-state index in [2.05, 4.69) is 43.0 Å². The van der Waals surface area contributed by atoms with Crippen LogP contribution in [0, 0.1) is 23.2 Å². The van der Waals surface area contributed by atoms with Crippen LogP contribution >= 0.6 is 0 Å². The molecule has 2 saturated carbocycles. The first-order valence-corrected chi connectivity index (χ1v) is 9.40. The Morgan fingerprint density at radius 3 is 2.57 bits per heavy atom. The van der Waals surface area contributed by atoms with Crippen molar-refractivity contribution in [3.05, 3.63) is 29.8 Å². The molecule has 0 amide bonds. The Bertz CT molecular complexity index is 554.